The fraction of sp³-hybridized carbons (Fsp3) is 0.222. The van der Waals surface area contributed by atoms with Gasteiger partial charge in [0.05, 0.1) is 6.04 Å². The molecule has 0 bridgehead atoms. The number of benzene rings is 1. The molecule has 0 unspecified atom stereocenters. The molecule has 0 aliphatic heterocycles. The zero-order valence-corrected chi connectivity index (χ0v) is 7.47. The quantitative estimate of drug-likeness (QED) is 0.561. The molecule has 3 heteroatoms. The number of hydrogen-bond donors (Lipinski definition) is 1. The van der Waals surface area contributed by atoms with Crippen LogP contribution in [0.4, 0.5) is 0 Å². The summed E-state index contributed by atoms with van der Waals surface area (Å²) in [6, 6.07) is 7.48. The largest absolute Gasteiger partial charge is 0.317 e. The fourth-order valence-electron chi connectivity index (χ4n) is 0.956. The van der Waals surface area contributed by atoms with E-state index >= 15 is 0 Å². The van der Waals surface area contributed by atoms with E-state index in [4.69, 9.17) is 16.9 Å². The summed E-state index contributed by atoms with van der Waals surface area (Å²) < 4.78 is 0. The summed E-state index contributed by atoms with van der Waals surface area (Å²) in [5.41, 5.74) is 1.02. The van der Waals surface area contributed by atoms with Crippen molar-refractivity contribution in [3.05, 3.63) is 34.9 Å². The predicted octanol–water partition coefficient (Wildman–Crippen LogP) is 2.47. The van der Waals surface area contributed by atoms with Gasteiger partial charge in [0.25, 0.3) is 0 Å². The Morgan fingerprint density at radius 2 is 2.33 bits per heavy atom. The summed E-state index contributed by atoms with van der Waals surface area (Å²) in [6.45, 7) is 1.91. The lowest BCUT2D eigenvalue weighted by atomic mass is 10.1. The van der Waals surface area contributed by atoms with Crippen LogP contribution < -0.4 is 5.32 Å². The maximum atomic E-state index is 8.37. The Morgan fingerprint density at radius 3 is 2.92 bits per heavy atom. The zero-order chi connectivity index (χ0) is 8.97. The highest BCUT2D eigenvalue weighted by Gasteiger charge is 2.02. The first-order valence-electron chi connectivity index (χ1n) is 3.64. The van der Waals surface area contributed by atoms with Crippen LogP contribution >= 0.6 is 11.6 Å². The van der Waals surface area contributed by atoms with Crippen molar-refractivity contribution in [3.63, 3.8) is 0 Å². The molecule has 1 aromatic rings. The number of nitrogens with zero attached hydrogens (tertiary/aromatic N) is 1. The van der Waals surface area contributed by atoms with E-state index in [1.807, 2.05) is 37.4 Å². The summed E-state index contributed by atoms with van der Waals surface area (Å²) in [5, 5.41) is 11.7. The SMILES string of the molecule is C[C@@H](NC#N)c1cccc(Cl)c1. The van der Waals surface area contributed by atoms with Crippen LogP contribution in [0.5, 0.6) is 0 Å². The Bertz CT molecular complexity index is 304. The molecule has 0 aliphatic rings. The molecule has 1 rings (SSSR count). The average molecular weight is 181 g/mol. The molecule has 12 heavy (non-hydrogen) atoms. The number of hydrogen-bond acceptors (Lipinski definition) is 2. The maximum Gasteiger partial charge on any atom is 0.177 e. The molecule has 0 aromatic heterocycles. The topological polar surface area (TPSA) is 35.8 Å². The minimum Gasteiger partial charge on any atom is -0.317 e. The molecule has 0 fully saturated rings. The minimum atomic E-state index is 0.0219. The molecule has 0 amide bonds. The molecule has 0 spiro atoms. The van der Waals surface area contributed by atoms with Crippen LogP contribution in [0.2, 0.25) is 5.02 Å². The van der Waals surface area contributed by atoms with Crippen LogP contribution in [0.15, 0.2) is 24.3 Å². The highest BCUT2D eigenvalue weighted by Crippen LogP contribution is 2.16. The van der Waals surface area contributed by atoms with Gasteiger partial charge in [0.1, 0.15) is 0 Å². The van der Waals surface area contributed by atoms with Gasteiger partial charge in [0.15, 0.2) is 6.19 Å². The third kappa shape index (κ3) is 2.14. The Hall–Kier alpha value is -1.20. The molecule has 1 atom stereocenters. The lowest BCUT2D eigenvalue weighted by Gasteiger charge is -2.08. The van der Waals surface area contributed by atoms with Gasteiger partial charge in [-0.2, -0.15) is 5.26 Å². The molecule has 2 nitrogen and oxygen atoms in total. The lowest BCUT2D eigenvalue weighted by molar-refractivity contribution is 0.697. The highest BCUT2D eigenvalue weighted by molar-refractivity contribution is 6.30. The van der Waals surface area contributed by atoms with Crippen molar-refractivity contribution >= 4 is 11.6 Å². The van der Waals surface area contributed by atoms with Crippen molar-refractivity contribution in [3.8, 4) is 6.19 Å². The maximum absolute atomic E-state index is 8.37. The summed E-state index contributed by atoms with van der Waals surface area (Å²) >= 11 is 5.78. The highest BCUT2D eigenvalue weighted by atomic mass is 35.5. The van der Waals surface area contributed by atoms with E-state index < -0.39 is 0 Å². The molecule has 0 saturated heterocycles. The Morgan fingerprint density at radius 1 is 1.58 bits per heavy atom. The van der Waals surface area contributed by atoms with Crippen molar-refractivity contribution in [2.75, 3.05) is 0 Å². The van der Waals surface area contributed by atoms with Crippen molar-refractivity contribution in [2.24, 2.45) is 0 Å². The number of rotatable bonds is 2. The standard InChI is InChI=1S/C9H9ClN2/c1-7(12-6-11)8-3-2-4-9(10)5-8/h2-5,7,12H,1H3/t7-/m1/s1. The van der Waals surface area contributed by atoms with E-state index in [1.165, 1.54) is 0 Å². The zero-order valence-electron chi connectivity index (χ0n) is 6.71. The van der Waals surface area contributed by atoms with E-state index in [0.717, 1.165) is 5.56 Å². The Balaban J connectivity index is 2.82. The van der Waals surface area contributed by atoms with Gasteiger partial charge in [-0.3, -0.25) is 0 Å². The lowest BCUT2D eigenvalue weighted by Crippen LogP contribution is -2.11. The summed E-state index contributed by atoms with van der Waals surface area (Å²) in [5.74, 6) is 0. The van der Waals surface area contributed by atoms with Crippen molar-refractivity contribution in [1.29, 1.82) is 5.26 Å². The number of nitriles is 1. The molecule has 0 heterocycles. The van der Waals surface area contributed by atoms with Crippen molar-refractivity contribution < 1.29 is 0 Å². The van der Waals surface area contributed by atoms with Gasteiger partial charge in [-0.05, 0) is 24.6 Å². The minimum absolute atomic E-state index is 0.0219. The second kappa shape index (κ2) is 3.99. The molecule has 1 N–H and O–H groups in total. The van der Waals surface area contributed by atoms with Gasteiger partial charge in [-0.25, -0.2) is 0 Å². The predicted molar refractivity (Wildman–Crippen MR) is 48.6 cm³/mol. The molecular formula is C9H9ClN2. The first-order chi connectivity index (χ1) is 5.74. The second-order valence-electron chi connectivity index (χ2n) is 2.53. The van der Waals surface area contributed by atoms with Crippen LogP contribution in [0.1, 0.15) is 18.5 Å². The smallest absolute Gasteiger partial charge is 0.177 e. The summed E-state index contributed by atoms with van der Waals surface area (Å²) in [6.07, 6.45) is 1.89. The number of halogens is 1. The van der Waals surface area contributed by atoms with E-state index in [0.29, 0.717) is 5.02 Å². The van der Waals surface area contributed by atoms with Gasteiger partial charge in [-0.1, -0.05) is 23.7 Å². The van der Waals surface area contributed by atoms with E-state index in [2.05, 4.69) is 5.32 Å². The number of nitrogens with one attached hydrogen (secondary N) is 1. The molecule has 0 saturated carbocycles. The molecule has 62 valence electrons. The normalized spacial score (nSPS) is 11.8. The van der Waals surface area contributed by atoms with Crippen molar-refractivity contribution in [2.45, 2.75) is 13.0 Å². The van der Waals surface area contributed by atoms with Gasteiger partial charge in [0, 0.05) is 5.02 Å². The third-order valence-corrected chi connectivity index (χ3v) is 1.86. The first-order valence-corrected chi connectivity index (χ1v) is 4.02. The Labute approximate surface area is 76.8 Å². The van der Waals surface area contributed by atoms with Crippen LogP contribution in [-0.4, -0.2) is 0 Å². The molecule has 0 aliphatic carbocycles. The summed E-state index contributed by atoms with van der Waals surface area (Å²) in [7, 11) is 0. The second-order valence-corrected chi connectivity index (χ2v) is 2.97. The van der Waals surface area contributed by atoms with Crippen LogP contribution in [0, 0.1) is 11.5 Å². The van der Waals surface area contributed by atoms with Crippen LogP contribution in [0.3, 0.4) is 0 Å². The Kier molecular flexibility index (Phi) is 2.95. The van der Waals surface area contributed by atoms with E-state index in [1.54, 1.807) is 0 Å². The van der Waals surface area contributed by atoms with E-state index in [9.17, 15) is 0 Å². The van der Waals surface area contributed by atoms with Crippen molar-refractivity contribution in [1.82, 2.24) is 5.32 Å². The van der Waals surface area contributed by atoms with E-state index in [-0.39, 0.29) is 6.04 Å². The first kappa shape index (κ1) is 8.89. The molecule has 0 radical (unpaired) electrons. The van der Waals surface area contributed by atoms with Gasteiger partial charge in [-0.15, -0.1) is 0 Å². The van der Waals surface area contributed by atoms with Crippen LogP contribution in [-0.2, 0) is 0 Å². The third-order valence-electron chi connectivity index (χ3n) is 1.63. The summed E-state index contributed by atoms with van der Waals surface area (Å²) in [4.78, 5) is 0. The fourth-order valence-corrected chi connectivity index (χ4v) is 1.15. The monoisotopic (exact) mass is 180 g/mol. The molecular weight excluding hydrogens is 172 g/mol. The molecule has 1 aromatic carbocycles. The van der Waals surface area contributed by atoms with Gasteiger partial charge < -0.3 is 5.32 Å². The van der Waals surface area contributed by atoms with Gasteiger partial charge >= 0.3 is 0 Å². The van der Waals surface area contributed by atoms with Gasteiger partial charge in [0.2, 0.25) is 0 Å². The van der Waals surface area contributed by atoms with Crippen LogP contribution in [0.25, 0.3) is 0 Å². The average Bonchev–Trinajstić information content (AvgIpc) is 2.05.